The van der Waals surface area contributed by atoms with Crippen LogP contribution in [0.1, 0.15) is 12.8 Å². The standard InChI is InChI=1S/C6H10O2/c7-4-5-2-1-3-6(5)8/h2,6-8H,1,3-4H2/t6-/m0/s1. The van der Waals surface area contributed by atoms with Crippen LogP contribution in [0.3, 0.4) is 0 Å². The Hall–Kier alpha value is -0.340. The van der Waals surface area contributed by atoms with Crippen LogP contribution in [0.5, 0.6) is 0 Å². The highest BCUT2D eigenvalue weighted by Crippen LogP contribution is 2.16. The summed E-state index contributed by atoms with van der Waals surface area (Å²) in [6.07, 6.45) is 3.23. The van der Waals surface area contributed by atoms with Crippen LogP contribution in [0, 0.1) is 0 Å². The monoisotopic (exact) mass is 114 g/mol. The van der Waals surface area contributed by atoms with Crippen molar-refractivity contribution in [3.05, 3.63) is 11.6 Å². The Balaban J connectivity index is 2.49. The van der Waals surface area contributed by atoms with Gasteiger partial charge in [-0.25, -0.2) is 0 Å². The lowest BCUT2D eigenvalue weighted by Gasteiger charge is -2.01. The van der Waals surface area contributed by atoms with Crippen LogP contribution in [-0.4, -0.2) is 22.9 Å². The molecule has 0 aliphatic heterocycles. The number of hydrogen-bond donors (Lipinski definition) is 2. The van der Waals surface area contributed by atoms with Crippen LogP contribution in [0.15, 0.2) is 11.6 Å². The zero-order valence-corrected chi connectivity index (χ0v) is 4.67. The maximum atomic E-state index is 8.96. The lowest BCUT2D eigenvalue weighted by molar-refractivity contribution is 0.190. The average molecular weight is 114 g/mol. The molecular weight excluding hydrogens is 104 g/mol. The molecule has 2 N–H and O–H groups in total. The van der Waals surface area contributed by atoms with Crippen LogP contribution in [0.2, 0.25) is 0 Å². The van der Waals surface area contributed by atoms with Crippen molar-refractivity contribution in [1.29, 1.82) is 0 Å². The second-order valence-electron chi connectivity index (χ2n) is 2.03. The predicted octanol–water partition coefficient (Wildman–Crippen LogP) is 0.0598. The van der Waals surface area contributed by atoms with Crippen molar-refractivity contribution in [3.63, 3.8) is 0 Å². The fourth-order valence-corrected chi connectivity index (χ4v) is 0.918. The van der Waals surface area contributed by atoms with Crippen molar-refractivity contribution < 1.29 is 10.2 Å². The van der Waals surface area contributed by atoms with Gasteiger partial charge >= 0.3 is 0 Å². The van der Waals surface area contributed by atoms with Gasteiger partial charge in [0.25, 0.3) is 0 Å². The van der Waals surface area contributed by atoms with E-state index in [-0.39, 0.29) is 12.7 Å². The van der Waals surface area contributed by atoms with Gasteiger partial charge < -0.3 is 10.2 Å². The van der Waals surface area contributed by atoms with Crippen molar-refractivity contribution >= 4 is 0 Å². The molecular formula is C6H10O2. The van der Waals surface area contributed by atoms with E-state index in [1.54, 1.807) is 0 Å². The first-order valence-corrected chi connectivity index (χ1v) is 2.82. The number of aliphatic hydroxyl groups excluding tert-OH is 2. The van der Waals surface area contributed by atoms with E-state index in [1.807, 2.05) is 6.08 Å². The van der Waals surface area contributed by atoms with Gasteiger partial charge in [0.1, 0.15) is 0 Å². The van der Waals surface area contributed by atoms with Crippen molar-refractivity contribution in [2.24, 2.45) is 0 Å². The third-order valence-corrected chi connectivity index (χ3v) is 1.46. The molecule has 2 nitrogen and oxygen atoms in total. The second kappa shape index (κ2) is 2.29. The molecule has 2 heteroatoms. The number of aliphatic hydroxyl groups is 2. The van der Waals surface area contributed by atoms with Gasteiger partial charge in [0, 0.05) is 0 Å². The summed E-state index contributed by atoms with van der Waals surface area (Å²) in [5, 5.41) is 17.5. The predicted molar refractivity (Wildman–Crippen MR) is 30.4 cm³/mol. The summed E-state index contributed by atoms with van der Waals surface area (Å²) in [5.41, 5.74) is 0.782. The highest BCUT2D eigenvalue weighted by molar-refractivity contribution is 5.13. The summed E-state index contributed by atoms with van der Waals surface area (Å²) in [6.45, 7) is 0.0150. The molecule has 0 amide bonds. The first-order chi connectivity index (χ1) is 3.84. The largest absolute Gasteiger partial charge is 0.392 e. The van der Waals surface area contributed by atoms with E-state index in [1.165, 1.54) is 0 Å². The van der Waals surface area contributed by atoms with E-state index in [0.717, 1.165) is 18.4 Å². The lowest BCUT2D eigenvalue weighted by Crippen LogP contribution is -2.07. The van der Waals surface area contributed by atoms with Gasteiger partial charge in [0.2, 0.25) is 0 Å². The molecule has 1 rings (SSSR count). The summed E-state index contributed by atoms with van der Waals surface area (Å²) in [5.74, 6) is 0. The molecule has 0 heterocycles. The molecule has 0 aromatic heterocycles. The minimum absolute atomic E-state index is 0.0150. The highest BCUT2D eigenvalue weighted by atomic mass is 16.3. The smallest absolute Gasteiger partial charge is 0.0775 e. The van der Waals surface area contributed by atoms with Crippen LogP contribution in [0.4, 0.5) is 0 Å². The molecule has 0 fully saturated rings. The normalized spacial score (nSPS) is 28.2. The molecule has 46 valence electrons. The quantitative estimate of drug-likeness (QED) is 0.473. The topological polar surface area (TPSA) is 40.5 Å². The Morgan fingerprint density at radius 1 is 1.75 bits per heavy atom. The molecule has 0 unspecified atom stereocenters. The first kappa shape index (κ1) is 5.79. The van der Waals surface area contributed by atoms with E-state index in [2.05, 4.69) is 0 Å². The molecule has 1 aliphatic rings. The van der Waals surface area contributed by atoms with Crippen molar-refractivity contribution in [2.75, 3.05) is 6.61 Å². The molecule has 0 aromatic carbocycles. The first-order valence-electron chi connectivity index (χ1n) is 2.82. The van der Waals surface area contributed by atoms with E-state index < -0.39 is 0 Å². The van der Waals surface area contributed by atoms with Gasteiger partial charge in [-0.2, -0.15) is 0 Å². The third kappa shape index (κ3) is 0.904. The number of allylic oxidation sites excluding steroid dienone is 1. The van der Waals surface area contributed by atoms with Gasteiger partial charge in [-0.15, -0.1) is 0 Å². The van der Waals surface area contributed by atoms with Crippen LogP contribution < -0.4 is 0 Å². The summed E-state index contributed by atoms with van der Waals surface area (Å²) >= 11 is 0. The second-order valence-corrected chi connectivity index (χ2v) is 2.03. The van der Waals surface area contributed by atoms with Crippen LogP contribution >= 0.6 is 0 Å². The van der Waals surface area contributed by atoms with Gasteiger partial charge in [-0.05, 0) is 18.4 Å². The van der Waals surface area contributed by atoms with E-state index in [4.69, 9.17) is 10.2 Å². The molecule has 0 saturated carbocycles. The molecule has 8 heavy (non-hydrogen) atoms. The highest BCUT2D eigenvalue weighted by Gasteiger charge is 2.13. The number of rotatable bonds is 1. The van der Waals surface area contributed by atoms with E-state index in [9.17, 15) is 0 Å². The zero-order valence-electron chi connectivity index (χ0n) is 4.67. The van der Waals surface area contributed by atoms with E-state index >= 15 is 0 Å². The third-order valence-electron chi connectivity index (χ3n) is 1.46. The summed E-state index contributed by atoms with van der Waals surface area (Å²) in [4.78, 5) is 0. The lowest BCUT2D eigenvalue weighted by atomic mass is 10.2. The molecule has 0 bridgehead atoms. The van der Waals surface area contributed by atoms with Crippen LogP contribution in [0.25, 0.3) is 0 Å². The molecule has 0 aromatic rings. The minimum Gasteiger partial charge on any atom is -0.392 e. The molecule has 1 atom stereocenters. The maximum absolute atomic E-state index is 8.96. The average Bonchev–Trinajstić information content (AvgIpc) is 2.14. The number of hydrogen-bond acceptors (Lipinski definition) is 2. The Bertz CT molecular complexity index is 107. The van der Waals surface area contributed by atoms with Crippen molar-refractivity contribution in [1.82, 2.24) is 0 Å². The maximum Gasteiger partial charge on any atom is 0.0775 e. The molecule has 0 saturated heterocycles. The van der Waals surface area contributed by atoms with Crippen LogP contribution in [-0.2, 0) is 0 Å². The molecule has 0 radical (unpaired) electrons. The van der Waals surface area contributed by atoms with Gasteiger partial charge in [-0.3, -0.25) is 0 Å². The summed E-state index contributed by atoms with van der Waals surface area (Å²) in [6, 6.07) is 0. The molecule has 1 aliphatic carbocycles. The Morgan fingerprint density at radius 3 is 2.75 bits per heavy atom. The molecule has 0 spiro atoms. The van der Waals surface area contributed by atoms with Crippen molar-refractivity contribution in [2.45, 2.75) is 18.9 Å². The van der Waals surface area contributed by atoms with E-state index in [0.29, 0.717) is 0 Å². The van der Waals surface area contributed by atoms with Gasteiger partial charge in [-0.1, -0.05) is 6.08 Å². The van der Waals surface area contributed by atoms with Crippen molar-refractivity contribution in [3.8, 4) is 0 Å². The Morgan fingerprint density at radius 2 is 2.50 bits per heavy atom. The minimum atomic E-state index is -0.361. The van der Waals surface area contributed by atoms with Gasteiger partial charge in [0.05, 0.1) is 12.7 Å². The summed E-state index contributed by atoms with van der Waals surface area (Å²) < 4.78 is 0. The fraction of sp³-hybridized carbons (Fsp3) is 0.667. The summed E-state index contributed by atoms with van der Waals surface area (Å²) in [7, 11) is 0. The fourth-order valence-electron chi connectivity index (χ4n) is 0.918. The zero-order chi connectivity index (χ0) is 5.98. The van der Waals surface area contributed by atoms with Gasteiger partial charge in [0.15, 0.2) is 0 Å². The SMILES string of the molecule is OCC1=CCC[C@@H]1O. The Kier molecular flexibility index (Phi) is 1.65. The Labute approximate surface area is 48.5 Å².